The first-order valence-corrected chi connectivity index (χ1v) is 6.72. The molecular formula is C14H11BrN2O4. The van der Waals surface area contributed by atoms with E-state index in [2.05, 4.69) is 21.2 Å². The zero-order valence-electron chi connectivity index (χ0n) is 11.0. The van der Waals surface area contributed by atoms with Gasteiger partial charge in [-0.2, -0.15) is 0 Å². The molecule has 7 heteroatoms. The fourth-order valence-electron chi connectivity index (χ4n) is 1.80. The fraction of sp³-hybridized carbons (Fsp3) is 0.0714. The van der Waals surface area contributed by atoms with Crippen LogP contribution in [0.3, 0.4) is 0 Å². The van der Waals surface area contributed by atoms with Crippen molar-refractivity contribution >= 4 is 33.2 Å². The van der Waals surface area contributed by atoms with Crippen molar-refractivity contribution in [3.63, 3.8) is 0 Å². The van der Waals surface area contributed by atoms with Gasteiger partial charge in [0.05, 0.1) is 16.7 Å². The van der Waals surface area contributed by atoms with Crippen LogP contribution in [0.5, 0.6) is 5.75 Å². The molecule has 0 aromatic heterocycles. The van der Waals surface area contributed by atoms with Crippen LogP contribution < -0.4 is 5.32 Å². The first kappa shape index (κ1) is 15.0. The lowest BCUT2D eigenvalue weighted by molar-refractivity contribution is -0.384. The molecule has 2 rings (SSSR count). The Hall–Kier alpha value is -2.41. The summed E-state index contributed by atoms with van der Waals surface area (Å²) in [5.41, 5.74) is 1.19. The molecule has 0 atom stereocenters. The van der Waals surface area contributed by atoms with Gasteiger partial charge in [-0.3, -0.25) is 14.9 Å². The van der Waals surface area contributed by atoms with Crippen molar-refractivity contribution < 1.29 is 14.8 Å². The Labute approximate surface area is 128 Å². The molecule has 0 bridgehead atoms. The number of nitro benzene ring substituents is 1. The van der Waals surface area contributed by atoms with E-state index in [0.717, 1.165) is 16.1 Å². The van der Waals surface area contributed by atoms with E-state index in [4.69, 9.17) is 0 Å². The van der Waals surface area contributed by atoms with Crippen LogP contribution in [0.25, 0.3) is 0 Å². The molecule has 2 aromatic rings. The van der Waals surface area contributed by atoms with E-state index in [9.17, 15) is 20.0 Å². The Bertz CT molecular complexity index is 711. The average molecular weight is 351 g/mol. The molecule has 0 unspecified atom stereocenters. The average Bonchev–Trinajstić information content (AvgIpc) is 2.39. The number of aromatic hydroxyl groups is 1. The normalized spacial score (nSPS) is 10.2. The van der Waals surface area contributed by atoms with Crippen LogP contribution in [0.2, 0.25) is 0 Å². The van der Waals surface area contributed by atoms with Gasteiger partial charge in [0.2, 0.25) is 0 Å². The van der Waals surface area contributed by atoms with Crippen molar-refractivity contribution in [1.29, 1.82) is 0 Å². The lowest BCUT2D eigenvalue weighted by Gasteiger charge is -2.08. The van der Waals surface area contributed by atoms with Crippen LogP contribution in [0.1, 0.15) is 15.9 Å². The Morgan fingerprint density at radius 2 is 2.00 bits per heavy atom. The number of hydrogen-bond acceptors (Lipinski definition) is 4. The SMILES string of the molecule is Cc1cc(Br)cc(C(=O)Nc2ccc([N+](=O)[O-])cc2O)c1. The van der Waals surface area contributed by atoms with E-state index in [0.29, 0.717) is 5.56 Å². The van der Waals surface area contributed by atoms with Crippen molar-refractivity contribution in [3.05, 3.63) is 62.1 Å². The number of carbonyl (C=O) groups excluding carboxylic acids is 1. The number of halogens is 1. The number of phenolic OH excluding ortho intramolecular Hbond substituents is 1. The Morgan fingerprint density at radius 1 is 1.29 bits per heavy atom. The van der Waals surface area contributed by atoms with Gasteiger partial charge in [-0.1, -0.05) is 15.9 Å². The van der Waals surface area contributed by atoms with Gasteiger partial charge in [0.1, 0.15) is 5.75 Å². The van der Waals surface area contributed by atoms with E-state index in [1.165, 1.54) is 12.1 Å². The summed E-state index contributed by atoms with van der Waals surface area (Å²) in [4.78, 5) is 22.1. The molecule has 0 aliphatic heterocycles. The van der Waals surface area contributed by atoms with Gasteiger partial charge in [-0.15, -0.1) is 0 Å². The van der Waals surface area contributed by atoms with Crippen LogP contribution in [0.4, 0.5) is 11.4 Å². The number of nitro groups is 1. The van der Waals surface area contributed by atoms with Gasteiger partial charge >= 0.3 is 0 Å². The summed E-state index contributed by atoms with van der Waals surface area (Å²) in [6.45, 7) is 1.85. The monoisotopic (exact) mass is 350 g/mol. The first-order valence-electron chi connectivity index (χ1n) is 5.93. The first-order chi connectivity index (χ1) is 9.86. The van der Waals surface area contributed by atoms with Crippen molar-refractivity contribution in [2.24, 2.45) is 0 Å². The Balaban J connectivity index is 2.25. The summed E-state index contributed by atoms with van der Waals surface area (Å²) in [5, 5.41) is 22.8. The van der Waals surface area contributed by atoms with E-state index in [1.54, 1.807) is 12.1 Å². The third kappa shape index (κ3) is 3.57. The van der Waals surface area contributed by atoms with Crippen LogP contribution in [-0.4, -0.2) is 15.9 Å². The standard InChI is InChI=1S/C14H11BrN2O4/c1-8-4-9(6-10(15)5-8)14(19)16-12-3-2-11(17(20)21)7-13(12)18/h2-7,18H,1H3,(H,16,19). The second-order valence-electron chi connectivity index (χ2n) is 4.43. The van der Waals surface area contributed by atoms with E-state index < -0.39 is 10.8 Å². The highest BCUT2D eigenvalue weighted by Gasteiger charge is 2.13. The summed E-state index contributed by atoms with van der Waals surface area (Å²) in [6, 6.07) is 8.69. The van der Waals surface area contributed by atoms with Gasteiger partial charge in [0.15, 0.2) is 0 Å². The summed E-state index contributed by atoms with van der Waals surface area (Å²) in [5.74, 6) is -0.771. The third-order valence-corrected chi connectivity index (χ3v) is 3.20. The Kier molecular flexibility index (Phi) is 4.23. The lowest BCUT2D eigenvalue weighted by atomic mass is 10.1. The van der Waals surface area contributed by atoms with Crippen molar-refractivity contribution in [1.82, 2.24) is 0 Å². The highest BCUT2D eigenvalue weighted by Crippen LogP contribution is 2.28. The maximum Gasteiger partial charge on any atom is 0.273 e. The number of non-ortho nitro benzene ring substituents is 1. The van der Waals surface area contributed by atoms with Gasteiger partial charge in [-0.25, -0.2) is 0 Å². The zero-order chi connectivity index (χ0) is 15.6. The second-order valence-corrected chi connectivity index (χ2v) is 5.35. The molecule has 0 saturated heterocycles. The topological polar surface area (TPSA) is 92.5 Å². The maximum absolute atomic E-state index is 12.1. The molecule has 0 spiro atoms. The number of benzene rings is 2. The van der Waals surface area contributed by atoms with E-state index in [-0.39, 0.29) is 17.1 Å². The summed E-state index contributed by atoms with van der Waals surface area (Å²) in [7, 11) is 0. The number of amides is 1. The summed E-state index contributed by atoms with van der Waals surface area (Å²) < 4.78 is 0.764. The molecule has 21 heavy (non-hydrogen) atoms. The molecule has 0 saturated carbocycles. The number of aryl methyl sites for hydroxylation is 1. The number of anilines is 1. The largest absolute Gasteiger partial charge is 0.506 e. The molecule has 2 aromatic carbocycles. The smallest absolute Gasteiger partial charge is 0.273 e. The summed E-state index contributed by atoms with van der Waals surface area (Å²) in [6.07, 6.45) is 0. The molecule has 2 N–H and O–H groups in total. The van der Waals surface area contributed by atoms with Crippen LogP contribution in [0, 0.1) is 17.0 Å². The number of carbonyl (C=O) groups is 1. The second kappa shape index (κ2) is 5.92. The number of nitrogens with zero attached hydrogens (tertiary/aromatic N) is 1. The molecule has 108 valence electrons. The van der Waals surface area contributed by atoms with Gasteiger partial charge in [0, 0.05) is 16.1 Å². The molecule has 0 aliphatic carbocycles. The molecule has 0 radical (unpaired) electrons. The number of phenols is 1. The minimum Gasteiger partial charge on any atom is -0.506 e. The van der Waals surface area contributed by atoms with Gasteiger partial charge in [-0.05, 0) is 36.8 Å². The summed E-state index contributed by atoms with van der Waals surface area (Å²) >= 11 is 3.30. The molecule has 0 fully saturated rings. The van der Waals surface area contributed by atoms with E-state index >= 15 is 0 Å². The quantitative estimate of drug-likeness (QED) is 0.502. The van der Waals surface area contributed by atoms with E-state index in [1.807, 2.05) is 13.0 Å². The molecule has 6 nitrogen and oxygen atoms in total. The number of hydrogen-bond donors (Lipinski definition) is 2. The molecule has 0 heterocycles. The number of nitrogens with one attached hydrogen (secondary N) is 1. The van der Waals surface area contributed by atoms with Crippen LogP contribution in [-0.2, 0) is 0 Å². The fourth-order valence-corrected chi connectivity index (χ4v) is 2.41. The van der Waals surface area contributed by atoms with Crippen molar-refractivity contribution in [2.45, 2.75) is 6.92 Å². The van der Waals surface area contributed by atoms with Gasteiger partial charge < -0.3 is 10.4 Å². The van der Waals surface area contributed by atoms with Crippen molar-refractivity contribution in [3.8, 4) is 5.75 Å². The predicted octanol–water partition coefficient (Wildman–Crippen LogP) is 3.62. The van der Waals surface area contributed by atoms with Crippen LogP contribution >= 0.6 is 15.9 Å². The van der Waals surface area contributed by atoms with Crippen LogP contribution in [0.15, 0.2) is 40.9 Å². The highest BCUT2D eigenvalue weighted by molar-refractivity contribution is 9.10. The molecular weight excluding hydrogens is 340 g/mol. The highest BCUT2D eigenvalue weighted by atomic mass is 79.9. The van der Waals surface area contributed by atoms with Crippen molar-refractivity contribution in [2.75, 3.05) is 5.32 Å². The number of rotatable bonds is 3. The molecule has 0 aliphatic rings. The predicted molar refractivity (Wildman–Crippen MR) is 81.6 cm³/mol. The molecule has 1 amide bonds. The van der Waals surface area contributed by atoms with Gasteiger partial charge in [0.25, 0.3) is 11.6 Å². The zero-order valence-corrected chi connectivity index (χ0v) is 12.5. The Morgan fingerprint density at radius 3 is 2.57 bits per heavy atom. The lowest BCUT2D eigenvalue weighted by Crippen LogP contribution is -2.12. The maximum atomic E-state index is 12.1. The minimum absolute atomic E-state index is 0.114. The third-order valence-electron chi connectivity index (χ3n) is 2.74. The minimum atomic E-state index is -0.622.